The molecule has 2 nitrogen and oxygen atoms in total. The summed E-state index contributed by atoms with van der Waals surface area (Å²) in [6, 6.07) is 0. The van der Waals surface area contributed by atoms with E-state index in [1.54, 1.807) is 0 Å². The lowest BCUT2D eigenvalue weighted by molar-refractivity contribution is 0.0894. The molecule has 0 saturated carbocycles. The molecule has 0 aliphatic carbocycles. The van der Waals surface area contributed by atoms with Crippen molar-refractivity contribution in [3.63, 3.8) is 0 Å². The largest absolute Gasteiger partial charge is 0.330 e. The van der Waals surface area contributed by atoms with Crippen molar-refractivity contribution in [3.8, 4) is 0 Å². The van der Waals surface area contributed by atoms with Crippen molar-refractivity contribution in [1.29, 1.82) is 0 Å². The zero-order valence-electron chi connectivity index (χ0n) is 8.64. The summed E-state index contributed by atoms with van der Waals surface area (Å²) in [6.45, 7) is 10.2. The molecule has 1 aliphatic heterocycles. The van der Waals surface area contributed by atoms with Crippen molar-refractivity contribution in [2.75, 3.05) is 19.6 Å². The van der Waals surface area contributed by atoms with Crippen LogP contribution in [0.5, 0.6) is 0 Å². The van der Waals surface area contributed by atoms with E-state index in [1.807, 2.05) is 0 Å². The molecule has 1 aliphatic rings. The standard InChI is InChI=1S/C10H22N2/c1-10(2,3)12-6-4-9(8-11)5-7-12/h9H,4-8,11H2,1-3H3. The van der Waals surface area contributed by atoms with Gasteiger partial charge in [0, 0.05) is 5.54 Å². The molecule has 12 heavy (non-hydrogen) atoms. The summed E-state index contributed by atoms with van der Waals surface area (Å²) in [7, 11) is 0. The molecule has 0 atom stereocenters. The number of rotatable bonds is 1. The van der Waals surface area contributed by atoms with Crippen LogP contribution in [0, 0.1) is 5.92 Å². The van der Waals surface area contributed by atoms with Gasteiger partial charge < -0.3 is 5.73 Å². The van der Waals surface area contributed by atoms with Crippen LogP contribution in [0.15, 0.2) is 0 Å². The molecule has 72 valence electrons. The van der Waals surface area contributed by atoms with Crippen molar-refractivity contribution in [3.05, 3.63) is 0 Å². The first-order valence-electron chi connectivity index (χ1n) is 4.99. The Hall–Kier alpha value is -0.0800. The second-order valence-corrected chi connectivity index (χ2v) is 4.84. The van der Waals surface area contributed by atoms with Crippen molar-refractivity contribution in [1.82, 2.24) is 4.90 Å². The highest BCUT2D eigenvalue weighted by Crippen LogP contribution is 2.22. The van der Waals surface area contributed by atoms with Crippen LogP contribution in [-0.2, 0) is 0 Å². The predicted molar refractivity (Wildman–Crippen MR) is 53.1 cm³/mol. The van der Waals surface area contributed by atoms with Crippen LogP contribution in [-0.4, -0.2) is 30.1 Å². The molecule has 0 radical (unpaired) electrons. The molecule has 0 aromatic heterocycles. The highest BCUT2D eigenvalue weighted by Gasteiger charge is 2.25. The first-order chi connectivity index (χ1) is 5.54. The minimum atomic E-state index is 0.347. The minimum absolute atomic E-state index is 0.347. The summed E-state index contributed by atoms with van der Waals surface area (Å²) < 4.78 is 0. The number of hydrogen-bond acceptors (Lipinski definition) is 2. The van der Waals surface area contributed by atoms with Gasteiger partial charge in [0.1, 0.15) is 0 Å². The molecule has 2 heteroatoms. The van der Waals surface area contributed by atoms with E-state index >= 15 is 0 Å². The maximum absolute atomic E-state index is 5.64. The summed E-state index contributed by atoms with van der Waals surface area (Å²) in [5, 5.41) is 0. The normalized spacial score (nSPS) is 23.0. The van der Waals surface area contributed by atoms with Crippen LogP contribution >= 0.6 is 0 Å². The van der Waals surface area contributed by atoms with Crippen LogP contribution < -0.4 is 5.73 Å². The number of piperidine rings is 1. The van der Waals surface area contributed by atoms with Gasteiger partial charge in [-0.2, -0.15) is 0 Å². The van der Waals surface area contributed by atoms with Crippen LogP contribution in [0.4, 0.5) is 0 Å². The lowest BCUT2D eigenvalue weighted by Gasteiger charge is -2.40. The molecule has 0 unspecified atom stereocenters. The van der Waals surface area contributed by atoms with Crippen molar-refractivity contribution in [2.45, 2.75) is 39.2 Å². The molecule has 2 N–H and O–H groups in total. The molecular weight excluding hydrogens is 148 g/mol. The SMILES string of the molecule is CC(C)(C)N1CCC(CN)CC1. The molecule has 0 aromatic carbocycles. The van der Waals surface area contributed by atoms with E-state index in [-0.39, 0.29) is 0 Å². The lowest BCUT2D eigenvalue weighted by atomic mass is 9.93. The third-order valence-electron chi connectivity index (χ3n) is 2.90. The molecule has 0 spiro atoms. The second kappa shape index (κ2) is 3.75. The molecule has 1 rings (SSSR count). The van der Waals surface area contributed by atoms with Gasteiger partial charge in [-0.3, -0.25) is 4.90 Å². The molecule has 1 heterocycles. The van der Waals surface area contributed by atoms with E-state index in [0.29, 0.717) is 5.54 Å². The van der Waals surface area contributed by atoms with Gasteiger partial charge >= 0.3 is 0 Å². The summed E-state index contributed by atoms with van der Waals surface area (Å²) in [4.78, 5) is 2.55. The first-order valence-corrected chi connectivity index (χ1v) is 4.99. The van der Waals surface area contributed by atoms with Crippen molar-refractivity contribution >= 4 is 0 Å². The van der Waals surface area contributed by atoms with E-state index in [9.17, 15) is 0 Å². The second-order valence-electron chi connectivity index (χ2n) is 4.84. The summed E-state index contributed by atoms with van der Waals surface area (Å²) in [5.74, 6) is 0.781. The maximum Gasteiger partial charge on any atom is 0.0125 e. The Kier molecular flexibility index (Phi) is 3.13. The molecule has 1 saturated heterocycles. The average Bonchev–Trinajstić information content (AvgIpc) is 2.03. The van der Waals surface area contributed by atoms with E-state index in [2.05, 4.69) is 25.7 Å². The quantitative estimate of drug-likeness (QED) is 0.645. The van der Waals surface area contributed by atoms with Crippen LogP contribution in [0.25, 0.3) is 0 Å². The molecule has 0 amide bonds. The smallest absolute Gasteiger partial charge is 0.0125 e. The number of likely N-dealkylation sites (tertiary alicyclic amines) is 1. The zero-order valence-corrected chi connectivity index (χ0v) is 8.64. The fourth-order valence-electron chi connectivity index (χ4n) is 1.84. The van der Waals surface area contributed by atoms with E-state index in [0.717, 1.165) is 12.5 Å². The Morgan fingerprint density at radius 3 is 2.08 bits per heavy atom. The van der Waals surface area contributed by atoms with Gasteiger partial charge in [-0.1, -0.05) is 0 Å². The van der Waals surface area contributed by atoms with Gasteiger partial charge in [-0.15, -0.1) is 0 Å². The summed E-state index contributed by atoms with van der Waals surface area (Å²) in [5.41, 5.74) is 5.99. The molecule has 0 bridgehead atoms. The highest BCUT2D eigenvalue weighted by molar-refractivity contribution is 4.81. The van der Waals surface area contributed by atoms with Gasteiger partial charge in [0.15, 0.2) is 0 Å². The maximum atomic E-state index is 5.64. The summed E-state index contributed by atoms with van der Waals surface area (Å²) >= 11 is 0. The Labute approximate surface area is 76.1 Å². The molecule has 0 aromatic rings. The number of nitrogens with zero attached hydrogens (tertiary/aromatic N) is 1. The van der Waals surface area contributed by atoms with Crippen LogP contribution in [0.2, 0.25) is 0 Å². The van der Waals surface area contributed by atoms with Crippen LogP contribution in [0.3, 0.4) is 0 Å². The fraction of sp³-hybridized carbons (Fsp3) is 1.00. The Morgan fingerprint density at radius 1 is 1.25 bits per heavy atom. The zero-order chi connectivity index (χ0) is 9.19. The van der Waals surface area contributed by atoms with Gasteiger partial charge in [0.25, 0.3) is 0 Å². The van der Waals surface area contributed by atoms with Crippen LogP contribution in [0.1, 0.15) is 33.6 Å². The van der Waals surface area contributed by atoms with Gasteiger partial charge in [0.2, 0.25) is 0 Å². The van der Waals surface area contributed by atoms with E-state index in [4.69, 9.17) is 5.73 Å². The highest BCUT2D eigenvalue weighted by atomic mass is 15.2. The van der Waals surface area contributed by atoms with Gasteiger partial charge in [-0.05, 0) is 59.2 Å². The van der Waals surface area contributed by atoms with Gasteiger partial charge in [0.05, 0.1) is 0 Å². The Bertz CT molecular complexity index is 129. The molecule has 1 fully saturated rings. The monoisotopic (exact) mass is 170 g/mol. The van der Waals surface area contributed by atoms with Crippen molar-refractivity contribution < 1.29 is 0 Å². The Morgan fingerprint density at radius 2 is 1.75 bits per heavy atom. The minimum Gasteiger partial charge on any atom is -0.330 e. The molecular formula is C10H22N2. The van der Waals surface area contributed by atoms with E-state index in [1.165, 1.54) is 25.9 Å². The van der Waals surface area contributed by atoms with Crippen molar-refractivity contribution in [2.24, 2.45) is 11.7 Å². The summed E-state index contributed by atoms with van der Waals surface area (Å²) in [6.07, 6.45) is 2.57. The topological polar surface area (TPSA) is 29.3 Å². The third-order valence-corrected chi connectivity index (χ3v) is 2.90. The Balaban J connectivity index is 2.36. The number of hydrogen-bond donors (Lipinski definition) is 1. The lowest BCUT2D eigenvalue weighted by Crippen LogP contribution is -2.46. The number of nitrogens with two attached hydrogens (primary N) is 1. The van der Waals surface area contributed by atoms with Gasteiger partial charge in [-0.25, -0.2) is 0 Å². The average molecular weight is 170 g/mol. The first kappa shape index (κ1) is 10.0. The fourth-order valence-corrected chi connectivity index (χ4v) is 1.84. The van der Waals surface area contributed by atoms with E-state index < -0.39 is 0 Å². The predicted octanol–water partition coefficient (Wildman–Crippen LogP) is 1.46. The third kappa shape index (κ3) is 2.46.